The second-order valence-corrected chi connectivity index (χ2v) is 6.25. The Kier molecular flexibility index (Phi) is 0.689. The number of ketones is 2. The van der Waals surface area contributed by atoms with Crippen molar-refractivity contribution in [1.82, 2.24) is 0 Å². The van der Waals surface area contributed by atoms with Crippen molar-refractivity contribution in [2.24, 2.45) is 46.8 Å². The van der Waals surface area contributed by atoms with E-state index in [0.29, 0.717) is 35.2 Å². The van der Waals surface area contributed by atoms with Crippen LogP contribution >= 0.6 is 0 Å². The summed E-state index contributed by atoms with van der Waals surface area (Å²) in [6.07, 6.45) is 1.20. The van der Waals surface area contributed by atoms with E-state index in [1.165, 1.54) is 6.42 Å². The van der Waals surface area contributed by atoms with Crippen LogP contribution in [0, 0.1) is 46.8 Å². The van der Waals surface area contributed by atoms with Gasteiger partial charge in [0.2, 0.25) is 0 Å². The molecule has 2 nitrogen and oxygen atoms in total. The molecule has 5 aliphatic rings. The van der Waals surface area contributed by atoms with Crippen LogP contribution in [0.25, 0.3) is 0 Å². The number of carbonyl (C=O) groups excluding carboxylic acids is 2. The number of rotatable bonds is 0. The minimum atomic E-state index is -0.182. The fourth-order valence-corrected chi connectivity index (χ4v) is 6.36. The van der Waals surface area contributed by atoms with Crippen molar-refractivity contribution in [1.29, 1.82) is 0 Å². The molecule has 0 aromatic rings. The topological polar surface area (TPSA) is 34.1 Å². The summed E-state index contributed by atoms with van der Waals surface area (Å²) in [6, 6.07) is 0. The van der Waals surface area contributed by atoms with Crippen LogP contribution < -0.4 is 0 Å². The molecule has 5 rings (SSSR count). The fraction of sp³-hybridized carbons (Fsp3) is 0.833. The lowest BCUT2D eigenvalue weighted by Gasteiger charge is -2.51. The Balaban J connectivity index is 1.93. The average Bonchev–Trinajstić information content (AvgIpc) is 2.67. The summed E-state index contributed by atoms with van der Waals surface area (Å²) in [5.41, 5.74) is -0.182. The number of hydrogen-bond acceptors (Lipinski definition) is 2. The van der Waals surface area contributed by atoms with Gasteiger partial charge in [0.1, 0.15) is 11.6 Å². The minimum absolute atomic E-state index is 0.166. The summed E-state index contributed by atoms with van der Waals surface area (Å²) in [7, 11) is 0. The van der Waals surface area contributed by atoms with Crippen LogP contribution in [0.5, 0.6) is 0 Å². The van der Waals surface area contributed by atoms with Gasteiger partial charge < -0.3 is 0 Å². The Labute approximate surface area is 82.0 Å². The largest absolute Gasteiger partial charge is 0.299 e. The Morgan fingerprint density at radius 2 is 2.00 bits per heavy atom. The van der Waals surface area contributed by atoms with E-state index < -0.39 is 0 Å². The summed E-state index contributed by atoms with van der Waals surface area (Å²) >= 11 is 0. The molecular weight excluding hydrogens is 176 g/mol. The molecule has 0 saturated heterocycles. The SMILES string of the molecule is C[C@]12C(=O)[C@@H]3[C@H]4C[C@H]5[C@@H]3C(=O)[C@@H]1[C@H]5[C@H]42. The summed E-state index contributed by atoms with van der Waals surface area (Å²) < 4.78 is 0. The molecule has 0 N–H and O–H groups in total. The lowest BCUT2D eigenvalue weighted by molar-refractivity contribution is -0.158. The van der Waals surface area contributed by atoms with E-state index in [-0.39, 0.29) is 23.2 Å². The third-order valence-corrected chi connectivity index (χ3v) is 6.42. The smallest absolute Gasteiger partial charge is 0.143 e. The van der Waals surface area contributed by atoms with Crippen LogP contribution in [-0.4, -0.2) is 11.6 Å². The maximum absolute atomic E-state index is 12.2. The zero-order valence-electron chi connectivity index (χ0n) is 8.07. The third kappa shape index (κ3) is 0.322. The van der Waals surface area contributed by atoms with Crippen LogP contribution in [0.3, 0.4) is 0 Å². The zero-order chi connectivity index (χ0) is 9.40. The van der Waals surface area contributed by atoms with Gasteiger partial charge in [-0.2, -0.15) is 0 Å². The maximum atomic E-state index is 12.2. The van der Waals surface area contributed by atoms with E-state index in [1.54, 1.807) is 0 Å². The van der Waals surface area contributed by atoms with Gasteiger partial charge in [-0.05, 0) is 30.1 Å². The number of Topliss-reactive ketones (excluding diaryl/α,β-unsaturated/α-hetero) is 2. The average molecular weight is 188 g/mol. The van der Waals surface area contributed by atoms with Gasteiger partial charge in [-0.3, -0.25) is 9.59 Å². The first-order valence-corrected chi connectivity index (χ1v) is 5.75. The monoisotopic (exact) mass is 188 g/mol. The van der Waals surface area contributed by atoms with E-state index in [9.17, 15) is 9.59 Å². The fourth-order valence-electron chi connectivity index (χ4n) is 6.36. The predicted molar refractivity (Wildman–Crippen MR) is 47.2 cm³/mol. The van der Waals surface area contributed by atoms with Gasteiger partial charge in [0.25, 0.3) is 0 Å². The van der Waals surface area contributed by atoms with Gasteiger partial charge in [0.15, 0.2) is 0 Å². The van der Waals surface area contributed by atoms with Gasteiger partial charge in [-0.1, -0.05) is 6.92 Å². The first kappa shape index (κ1) is 6.76. The molecule has 5 saturated carbocycles. The highest BCUT2D eigenvalue weighted by Gasteiger charge is 2.88. The minimum Gasteiger partial charge on any atom is -0.299 e. The molecule has 0 aromatic heterocycles. The molecule has 0 radical (unpaired) electrons. The molecule has 0 spiro atoms. The second-order valence-electron chi connectivity index (χ2n) is 6.25. The molecule has 0 unspecified atom stereocenters. The highest BCUT2D eigenvalue weighted by Crippen LogP contribution is 2.84. The Morgan fingerprint density at radius 3 is 2.79 bits per heavy atom. The molecule has 8 atom stereocenters. The van der Waals surface area contributed by atoms with Crippen LogP contribution in [-0.2, 0) is 9.59 Å². The Morgan fingerprint density at radius 1 is 1.21 bits per heavy atom. The van der Waals surface area contributed by atoms with Gasteiger partial charge >= 0.3 is 0 Å². The van der Waals surface area contributed by atoms with Crippen molar-refractivity contribution in [2.45, 2.75) is 13.3 Å². The van der Waals surface area contributed by atoms with Crippen molar-refractivity contribution in [3.8, 4) is 0 Å². The maximum Gasteiger partial charge on any atom is 0.143 e. The van der Waals surface area contributed by atoms with Crippen LogP contribution in [0.2, 0.25) is 0 Å². The summed E-state index contributed by atoms with van der Waals surface area (Å²) in [5, 5.41) is 0. The second kappa shape index (κ2) is 1.43. The van der Waals surface area contributed by atoms with Crippen molar-refractivity contribution in [3.05, 3.63) is 0 Å². The van der Waals surface area contributed by atoms with Crippen molar-refractivity contribution in [3.63, 3.8) is 0 Å². The van der Waals surface area contributed by atoms with Crippen LogP contribution in [0.15, 0.2) is 0 Å². The van der Waals surface area contributed by atoms with Crippen molar-refractivity contribution in [2.75, 3.05) is 0 Å². The molecule has 0 amide bonds. The van der Waals surface area contributed by atoms with Crippen molar-refractivity contribution < 1.29 is 9.59 Å². The third-order valence-electron chi connectivity index (χ3n) is 6.42. The van der Waals surface area contributed by atoms with Gasteiger partial charge in [-0.25, -0.2) is 0 Å². The lowest BCUT2D eigenvalue weighted by Crippen LogP contribution is -2.57. The highest BCUT2D eigenvalue weighted by atomic mass is 16.1. The van der Waals surface area contributed by atoms with Crippen molar-refractivity contribution >= 4 is 11.6 Å². The number of hydrogen-bond donors (Lipinski definition) is 0. The zero-order valence-corrected chi connectivity index (χ0v) is 8.07. The number of fused-ring (bicyclic) bond motifs is 2. The molecule has 0 aromatic carbocycles. The van der Waals surface area contributed by atoms with Crippen LogP contribution in [0.1, 0.15) is 13.3 Å². The van der Waals surface area contributed by atoms with E-state index in [2.05, 4.69) is 6.92 Å². The van der Waals surface area contributed by atoms with E-state index >= 15 is 0 Å². The molecule has 0 aliphatic heterocycles. The molecule has 2 bridgehead atoms. The van der Waals surface area contributed by atoms with E-state index in [0.717, 1.165) is 0 Å². The quantitative estimate of drug-likeness (QED) is 0.566. The molecule has 5 aliphatic carbocycles. The Bertz CT molecular complexity index is 422. The van der Waals surface area contributed by atoms with E-state index in [4.69, 9.17) is 0 Å². The normalized spacial score (nSPS) is 75.1. The van der Waals surface area contributed by atoms with Crippen LogP contribution in [0.4, 0.5) is 0 Å². The molecule has 2 heteroatoms. The molecular formula is C12H12O2. The predicted octanol–water partition coefficient (Wildman–Crippen LogP) is 0.902. The number of carbonyl (C=O) groups is 2. The summed E-state index contributed by atoms with van der Waals surface area (Å²) in [5.74, 6) is 4.00. The van der Waals surface area contributed by atoms with Gasteiger partial charge in [0, 0.05) is 23.2 Å². The molecule has 14 heavy (non-hydrogen) atoms. The van der Waals surface area contributed by atoms with Gasteiger partial charge in [-0.15, -0.1) is 0 Å². The summed E-state index contributed by atoms with van der Waals surface area (Å²) in [4.78, 5) is 24.3. The first-order valence-electron chi connectivity index (χ1n) is 5.75. The standard InChI is InChI=1S/C12H12O2/c1-12-8-4-2-3-5(6(4)11(12)14)10(13)9(12)7(3)8/h3-9H,2H2,1H3/t3-,4+,5-,6+,7+,8-,9-,12+/m0/s1. The van der Waals surface area contributed by atoms with E-state index in [1.807, 2.05) is 0 Å². The molecule has 72 valence electrons. The molecule has 5 fully saturated rings. The first-order chi connectivity index (χ1) is 6.67. The van der Waals surface area contributed by atoms with Gasteiger partial charge in [0.05, 0.1) is 0 Å². The Hall–Kier alpha value is -0.660. The lowest BCUT2D eigenvalue weighted by atomic mass is 9.49. The highest BCUT2D eigenvalue weighted by molar-refractivity contribution is 6.08. The molecule has 0 heterocycles. The summed E-state index contributed by atoms with van der Waals surface area (Å²) in [6.45, 7) is 2.08.